The van der Waals surface area contributed by atoms with E-state index in [2.05, 4.69) is 10.3 Å². The van der Waals surface area contributed by atoms with Crippen LogP contribution in [-0.4, -0.2) is 58.7 Å². The third-order valence-electron chi connectivity index (χ3n) is 4.44. The van der Waals surface area contributed by atoms with Crippen molar-refractivity contribution in [1.29, 1.82) is 0 Å². The zero-order valence-electron chi connectivity index (χ0n) is 15.1. The molecule has 9 heteroatoms. The molecule has 1 fully saturated rings. The van der Waals surface area contributed by atoms with Crippen LogP contribution in [0.3, 0.4) is 0 Å². The molecule has 0 aliphatic carbocycles. The fourth-order valence-electron chi connectivity index (χ4n) is 2.87. The highest BCUT2D eigenvalue weighted by atomic mass is 19.1. The average molecular weight is 388 g/mol. The number of piperazine rings is 1. The van der Waals surface area contributed by atoms with Crippen LogP contribution in [0.1, 0.15) is 27.6 Å². The summed E-state index contributed by atoms with van der Waals surface area (Å²) < 4.78 is 26.7. The fourth-order valence-corrected chi connectivity index (χ4v) is 2.87. The van der Waals surface area contributed by atoms with Gasteiger partial charge >= 0.3 is 0 Å². The van der Waals surface area contributed by atoms with Crippen molar-refractivity contribution in [1.82, 2.24) is 14.8 Å². The first-order valence-corrected chi connectivity index (χ1v) is 8.61. The van der Waals surface area contributed by atoms with Gasteiger partial charge in [0.15, 0.2) is 0 Å². The van der Waals surface area contributed by atoms with E-state index in [1.54, 1.807) is 9.80 Å². The van der Waals surface area contributed by atoms with Crippen LogP contribution in [0.5, 0.6) is 0 Å². The SMILES string of the molecule is CC(=O)N1CCN(C(=O)c2cncc(C(=O)Nc3ccc(F)cc3F)c2)CC1. The first-order chi connectivity index (χ1) is 13.3. The Morgan fingerprint density at radius 3 is 2.25 bits per heavy atom. The minimum absolute atomic E-state index is 0.0412. The number of hydrogen-bond acceptors (Lipinski definition) is 4. The maximum Gasteiger partial charge on any atom is 0.257 e. The molecule has 1 aromatic carbocycles. The molecule has 1 saturated heterocycles. The Morgan fingerprint density at radius 2 is 1.61 bits per heavy atom. The van der Waals surface area contributed by atoms with E-state index in [1.165, 1.54) is 25.4 Å². The maximum absolute atomic E-state index is 13.7. The average Bonchev–Trinajstić information content (AvgIpc) is 2.69. The minimum Gasteiger partial charge on any atom is -0.339 e. The Kier molecular flexibility index (Phi) is 5.62. The lowest BCUT2D eigenvalue weighted by Gasteiger charge is -2.34. The van der Waals surface area contributed by atoms with E-state index in [0.29, 0.717) is 32.2 Å². The Labute approximate surface area is 160 Å². The predicted molar refractivity (Wildman–Crippen MR) is 96.7 cm³/mol. The fraction of sp³-hybridized carbons (Fsp3) is 0.263. The molecule has 0 atom stereocenters. The molecule has 3 amide bonds. The minimum atomic E-state index is -0.906. The summed E-state index contributed by atoms with van der Waals surface area (Å²) in [5.74, 6) is -2.68. The number of halogens is 2. The molecule has 0 saturated carbocycles. The Morgan fingerprint density at radius 1 is 0.964 bits per heavy atom. The molecule has 146 valence electrons. The number of rotatable bonds is 3. The van der Waals surface area contributed by atoms with Gasteiger partial charge in [-0.3, -0.25) is 19.4 Å². The molecule has 0 radical (unpaired) electrons. The van der Waals surface area contributed by atoms with E-state index in [9.17, 15) is 23.2 Å². The van der Waals surface area contributed by atoms with Gasteiger partial charge in [0, 0.05) is 51.6 Å². The van der Waals surface area contributed by atoms with Crippen LogP contribution in [0.4, 0.5) is 14.5 Å². The third kappa shape index (κ3) is 4.30. The van der Waals surface area contributed by atoms with E-state index in [4.69, 9.17) is 0 Å². The lowest BCUT2D eigenvalue weighted by atomic mass is 10.1. The molecule has 1 aliphatic heterocycles. The first-order valence-electron chi connectivity index (χ1n) is 8.61. The Bertz CT molecular complexity index is 927. The second-order valence-electron chi connectivity index (χ2n) is 6.34. The molecule has 2 aromatic rings. The Balaban J connectivity index is 1.70. The van der Waals surface area contributed by atoms with E-state index in [-0.39, 0.29) is 28.6 Å². The number of hydrogen-bond donors (Lipinski definition) is 1. The number of nitrogens with zero attached hydrogens (tertiary/aromatic N) is 3. The molecule has 7 nitrogen and oxygen atoms in total. The number of anilines is 1. The lowest BCUT2D eigenvalue weighted by molar-refractivity contribution is -0.130. The normalized spacial score (nSPS) is 14.0. The van der Waals surface area contributed by atoms with Gasteiger partial charge in [0.2, 0.25) is 5.91 Å². The number of amides is 3. The van der Waals surface area contributed by atoms with Crippen molar-refractivity contribution in [3.05, 3.63) is 59.4 Å². The molecule has 0 unspecified atom stereocenters. The van der Waals surface area contributed by atoms with Gasteiger partial charge in [-0.1, -0.05) is 0 Å². The number of pyridine rings is 1. The molecule has 0 bridgehead atoms. The monoisotopic (exact) mass is 388 g/mol. The molecule has 0 spiro atoms. The van der Waals surface area contributed by atoms with Crippen molar-refractivity contribution in [2.24, 2.45) is 0 Å². The van der Waals surface area contributed by atoms with Gasteiger partial charge in [0.1, 0.15) is 11.6 Å². The first kappa shape index (κ1) is 19.4. The summed E-state index contributed by atoms with van der Waals surface area (Å²) in [5, 5.41) is 2.33. The number of carbonyl (C=O) groups is 3. The van der Waals surface area contributed by atoms with Crippen molar-refractivity contribution in [2.75, 3.05) is 31.5 Å². The van der Waals surface area contributed by atoms with Crippen molar-refractivity contribution < 1.29 is 23.2 Å². The molecule has 1 aliphatic rings. The topological polar surface area (TPSA) is 82.6 Å². The molecular formula is C19H18F2N4O3. The zero-order valence-corrected chi connectivity index (χ0v) is 15.1. The van der Waals surface area contributed by atoms with Crippen molar-refractivity contribution in [3.8, 4) is 0 Å². The number of aromatic nitrogens is 1. The quantitative estimate of drug-likeness (QED) is 0.871. The van der Waals surface area contributed by atoms with E-state index in [0.717, 1.165) is 12.1 Å². The predicted octanol–water partition coefficient (Wildman–Crippen LogP) is 1.92. The van der Waals surface area contributed by atoms with Crippen LogP contribution in [0, 0.1) is 11.6 Å². The second kappa shape index (κ2) is 8.12. The summed E-state index contributed by atoms with van der Waals surface area (Å²) >= 11 is 0. The molecule has 1 N–H and O–H groups in total. The molecule has 3 rings (SSSR count). The Hall–Kier alpha value is -3.36. The van der Waals surface area contributed by atoms with Crippen molar-refractivity contribution in [2.45, 2.75) is 6.92 Å². The molecule has 1 aromatic heterocycles. The van der Waals surface area contributed by atoms with Crippen molar-refractivity contribution in [3.63, 3.8) is 0 Å². The molecule has 28 heavy (non-hydrogen) atoms. The zero-order chi connectivity index (χ0) is 20.3. The largest absolute Gasteiger partial charge is 0.339 e. The van der Waals surface area contributed by atoms with Gasteiger partial charge in [0.05, 0.1) is 16.8 Å². The van der Waals surface area contributed by atoms with E-state index >= 15 is 0 Å². The number of benzene rings is 1. The van der Waals surface area contributed by atoms with E-state index < -0.39 is 17.5 Å². The van der Waals surface area contributed by atoms with Gasteiger partial charge in [-0.05, 0) is 18.2 Å². The van der Waals surface area contributed by atoms with Crippen LogP contribution in [0.15, 0.2) is 36.7 Å². The van der Waals surface area contributed by atoms with Gasteiger partial charge < -0.3 is 15.1 Å². The van der Waals surface area contributed by atoms with Gasteiger partial charge in [-0.2, -0.15) is 0 Å². The lowest BCUT2D eigenvalue weighted by Crippen LogP contribution is -2.50. The third-order valence-corrected chi connectivity index (χ3v) is 4.44. The van der Waals surface area contributed by atoms with Crippen LogP contribution in [0.2, 0.25) is 0 Å². The number of nitrogens with one attached hydrogen (secondary N) is 1. The highest BCUT2D eigenvalue weighted by Gasteiger charge is 2.24. The van der Waals surface area contributed by atoms with Gasteiger partial charge in [-0.25, -0.2) is 8.78 Å². The summed E-state index contributed by atoms with van der Waals surface area (Å²) in [6, 6.07) is 4.16. The van der Waals surface area contributed by atoms with Crippen LogP contribution in [0.25, 0.3) is 0 Å². The van der Waals surface area contributed by atoms with Crippen LogP contribution >= 0.6 is 0 Å². The summed E-state index contributed by atoms with van der Waals surface area (Å²) in [6.45, 7) is 3.13. The molecule has 2 heterocycles. The summed E-state index contributed by atoms with van der Waals surface area (Å²) in [7, 11) is 0. The molecular weight excluding hydrogens is 370 g/mol. The van der Waals surface area contributed by atoms with Crippen LogP contribution < -0.4 is 5.32 Å². The smallest absolute Gasteiger partial charge is 0.257 e. The number of carbonyl (C=O) groups excluding carboxylic acids is 3. The summed E-state index contributed by atoms with van der Waals surface area (Å²) in [5.41, 5.74) is 0.101. The van der Waals surface area contributed by atoms with Crippen LogP contribution in [-0.2, 0) is 4.79 Å². The highest BCUT2D eigenvalue weighted by Crippen LogP contribution is 2.17. The maximum atomic E-state index is 13.7. The van der Waals surface area contributed by atoms with Gasteiger partial charge in [-0.15, -0.1) is 0 Å². The van der Waals surface area contributed by atoms with E-state index in [1.807, 2.05) is 0 Å². The summed E-state index contributed by atoms with van der Waals surface area (Å²) in [4.78, 5) is 43.5. The second-order valence-corrected chi connectivity index (χ2v) is 6.34. The standard InChI is InChI=1S/C19H18F2N4O3/c1-12(26)24-4-6-25(7-5-24)19(28)14-8-13(10-22-11-14)18(27)23-17-3-2-15(20)9-16(17)21/h2-3,8-11H,4-7H2,1H3,(H,23,27). The van der Waals surface area contributed by atoms with Gasteiger partial charge in [0.25, 0.3) is 11.8 Å². The highest BCUT2D eigenvalue weighted by molar-refractivity contribution is 6.05. The van der Waals surface area contributed by atoms with Crippen molar-refractivity contribution >= 4 is 23.4 Å². The summed E-state index contributed by atoms with van der Waals surface area (Å²) in [6.07, 6.45) is 2.59.